The molecule has 0 aromatic heterocycles. The molecule has 0 aromatic rings. The highest BCUT2D eigenvalue weighted by Crippen LogP contribution is 2.11. The van der Waals surface area contributed by atoms with Gasteiger partial charge in [0.15, 0.2) is 0 Å². The van der Waals surface area contributed by atoms with Gasteiger partial charge >= 0.3 is 0 Å². The van der Waals surface area contributed by atoms with Crippen LogP contribution in [0.2, 0.25) is 0 Å². The van der Waals surface area contributed by atoms with Crippen molar-refractivity contribution in [1.29, 1.82) is 0 Å². The van der Waals surface area contributed by atoms with E-state index in [0.29, 0.717) is 0 Å². The van der Waals surface area contributed by atoms with Crippen molar-refractivity contribution >= 4 is 0 Å². The lowest BCUT2D eigenvalue weighted by Gasteiger charge is -2.36. The lowest BCUT2D eigenvalue weighted by Crippen LogP contribution is -2.51. The van der Waals surface area contributed by atoms with Crippen LogP contribution in [-0.4, -0.2) is 37.1 Å². The topological polar surface area (TPSA) is 15.3 Å². The number of rotatable bonds is 5. The zero-order valence-electron chi connectivity index (χ0n) is 10.1. The third kappa shape index (κ3) is 3.97. The molecule has 14 heavy (non-hydrogen) atoms. The minimum absolute atomic E-state index is 0.799. The molecule has 0 spiro atoms. The van der Waals surface area contributed by atoms with Crippen molar-refractivity contribution in [2.75, 3.05) is 26.2 Å². The van der Waals surface area contributed by atoms with E-state index < -0.39 is 0 Å². The molecule has 1 aliphatic heterocycles. The largest absolute Gasteiger partial charge is 0.314 e. The van der Waals surface area contributed by atoms with Crippen molar-refractivity contribution in [3.63, 3.8) is 0 Å². The minimum atomic E-state index is 0.799. The van der Waals surface area contributed by atoms with Crippen LogP contribution in [0.15, 0.2) is 0 Å². The Labute approximate surface area is 89.1 Å². The monoisotopic (exact) mass is 198 g/mol. The van der Waals surface area contributed by atoms with E-state index in [-0.39, 0.29) is 0 Å². The highest BCUT2D eigenvalue weighted by atomic mass is 15.2. The van der Waals surface area contributed by atoms with Crippen molar-refractivity contribution < 1.29 is 0 Å². The van der Waals surface area contributed by atoms with Crippen LogP contribution in [0.4, 0.5) is 0 Å². The summed E-state index contributed by atoms with van der Waals surface area (Å²) in [5, 5.41) is 3.50. The van der Waals surface area contributed by atoms with Crippen LogP contribution in [-0.2, 0) is 0 Å². The first-order valence-electron chi connectivity index (χ1n) is 6.18. The predicted octanol–water partition coefficient (Wildman–Crippen LogP) is 2.11. The normalized spacial score (nSPS) is 24.4. The second-order valence-electron chi connectivity index (χ2n) is 4.87. The maximum atomic E-state index is 3.50. The Hall–Kier alpha value is -0.0800. The van der Waals surface area contributed by atoms with Crippen molar-refractivity contribution in [3.05, 3.63) is 0 Å². The van der Waals surface area contributed by atoms with Crippen molar-refractivity contribution in [2.45, 2.75) is 46.1 Å². The van der Waals surface area contributed by atoms with Gasteiger partial charge in [0.1, 0.15) is 0 Å². The van der Waals surface area contributed by atoms with E-state index in [9.17, 15) is 0 Å². The average Bonchev–Trinajstić information content (AvgIpc) is 2.17. The van der Waals surface area contributed by atoms with Gasteiger partial charge in [0, 0.05) is 25.7 Å². The maximum absolute atomic E-state index is 3.50. The van der Waals surface area contributed by atoms with Gasteiger partial charge in [-0.3, -0.25) is 4.90 Å². The fourth-order valence-electron chi connectivity index (χ4n) is 2.14. The molecule has 1 N–H and O–H groups in total. The first-order chi connectivity index (χ1) is 6.74. The first-order valence-corrected chi connectivity index (χ1v) is 6.18. The Bertz CT molecular complexity index is 143. The highest BCUT2D eigenvalue weighted by molar-refractivity contribution is 4.79. The Morgan fingerprint density at radius 3 is 2.86 bits per heavy atom. The maximum Gasteiger partial charge on any atom is 0.0221 e. The van der Waals surface area contributed by atoms with Gasteiger partial charge in [0.25, 0.3) is 0 Å². The molecule has 1 saturated heterocycles. The summed E-state index contributed by atoms with van der Waals surface area (Å²) in [5.74, 6) is 0.840. The van der Waals surface area contributed by atoms with Crippen molar-refractivity contribution in [3.8, 4) is 0 Å². The van der Waals surface area contributed by atoms with E-state index in [1.165, 1.54) is 45.4 Å². The van der Waals surface area contributed by atoms with Crippen molar-refractivity contribution in [1.82, 2.24) is 10.2 Å². The van der Waals surface area contributed by atoms with Gasteiger partial charge in [0.05, 0.1) is 0 Å². The number of nitrogens with zero attached hydrogens (tertiary/aromatic N) is 1. The number of nitrogens with one attached hydrogen (secondary N) is 1. The molecule has 1 heterocycles. The number of hydrogen-bond donors (Lipinski definition) is 1. The second-order valence-corrected chi connectivity index (χ2v) is 4.87. The van der Waals surface area contributed by atoms with Gasteiger partial charge in [0.2, 0.25) is 0 Å². The molecule has 2 nitrogen and oxygen atoms in total. The Balaban J connectivity index is 2.30. The molecule has 0 aliphatic carbocycles. The minimum Gasteiger partial charge on any atom is -0.314 e. The molecule has 0 amide bonds. The molecular formula is C12H26N2. The standard InChI is InChI=1S/C12H26N2/c1-4-5-12-10-13-7-9-14(12)8-6-11(2)3/h11-13H,4-10H2,1-3H3. The summed E-state index contributed by atoms with van der Waals surface area (Å²) in [7, 11) is 0. The zero-order chi connectivity index (χ0) is 10.4. The molecule has 2 heteroatoms. The van der Waals surface area contributed by atoms with Crippen LogP contribution in [0.5, 0.6) is 0 Å². The molecule has 1 rings (SSSR count). The van der Waals surface area contributed by atoms with Crippen LogP contribution in [0, 0.1) is 5.92 Å². The summed E-state index contributed by atoms with van der Waals surface area (Å²) in [6, 6.07) is 0.799. The van der Waals surface area contributed by atoms with Crippen LogP contribution in [0.25, 0.3) is 0 Å². The van der Waals surface area contributed by atoms with Gasteiger partial charge in [-0.25, -0.2) is 0 Å². The molecule has 0 aromatic carbocycles. The van der Waals surface area contributed by atoms with E-state index in [1.807, 2.05) is 0 Å². The summed E-state index contributed by atoms with van der Waals surface area (Å²) in [4.78, 5) is 2.68. The lowest BCUT2D eigenvalue weighted by molar-refractivity contribution is 0.145. The van der Waals surface area contributed by atoms with E-state index in [4.69, 9.17) is 0 Å². The molecule has 84 valence electrons. The molecule has 1 unspecified atom stereocenters. The summed E-state index contributed by atoms with van der Waals surface area (Å²) in [6.07, 6.45) is 4.01. The van der Waals surface area contributed by atoms with Crippen LogP contribution in [0.1, 0.15) is 40.0 Å². The quantitative estimate of drug-likeness (QED) is 0.728. The summed E-state index contributed by atoms with van der Waals surface area (Å²) in [6.45, 7) is 11.8. The highest BCUT2D eigenvalue weighted by Gasteiger charge is 2.20. The number of hydrogen-bond acceptors (Lipinski definition) is 2. The van der Waals surface area contributed by atoms with E-state index in [0.717, 1.165) is 12.0 Å². The fraction of sp³-hybridized carbons (Fsp3) is 1.00. The third-order valence-corrected chi connectivity index (χ3v) is 3.09. The van der Waals surface area contributed by atoms with E-state index in [2.05, 4.69) is 31.0 Å². The van der Waals surface area contributed by atoms with Crippen LogP contribution >= 0.6 is 0 Å². The summed E-state index contributed by atoms with van der Waals surface area (Å²) >= 11 is 0. The molecule has 1 aliphatic rings. The Morgan fingerprint density at radius 1 is 1.43 bits per heavy atom. The molecule has 0 bridgehead atoms. The molecule has 1 fully saturated rings. The summed E-state index contributed by atoms with van der Waals surface area (Å²) < 4.78 is 0. The fourth-order valence-corrected chi connectivity index (χ4v) is 2.14. The summed E-state index contributed by atoms with van der Waals surface area (Å²) in [5.41, 5.74) is 0. The molecule has 1 atom stereocenters. The van der Waals surface area contributed by atoms with Crippen LogP contribution < -0.4 is 5.32 Å². The third-order valence-electron chi connectivity index (χ3n) is 3.09. The zero-order valence-corrected chi connectivity index (χ0v) is 10.1. The van der Waals surface area contributed by atoms with Gasteiger partial charge in [-0.1, -0.05) is 27.2 Å². The van der Waals surface area contributed by atoms with Gasteiger partial charge in [-0.05, 0) is 25.3 Å². The average molecular weight is 198 g/mol. The first kappa shape index (κ1) is 12.0. The molecule has 0 saturated carbocycles. The smallest absolute Gasteiger partial charge is 0.0221 e. The Morgan fingerprint density at radius 2 is 2.21 bits per heavy atom. The van der Waals surface area contributed by atoms with E-state index in [1.54, 1.807) is 0 Å². The molecule has 0 radical (unpaired) electrons. The number of piperazine rings is 1. The van der Waals surface area contributed by atoms with Gasteiger partial charge < -0.3 is 5.32 Å². The Kier molecular flexibility index (Phi) is 5.49. The SMILES string of the molecule is CCCC1CNCCN1CCC(C)C. The van der Waals surface area contributed by atoms with Gasteiger partial charge in [-0.2, -0.15) is 0 Å². The van der Waals surface area contributed by atoms with E-state index >= 15 is 0 Å². The van der Waals surface area contributed by atoms with Crippen molar-refractivity contribution in [2.24, 2.45) is 5.92 Å². The van der Waals surface area contributed by atoms with Crippen LogP contribution in [0.3, 0.4) is 0 Å². The lowest BCUT2D eigenvalue weighted by atomic mass is 10.1. The predicted molar refractivity (Wildman–Crippen MR) is 62.6 cm³/mol. The molecular weight excluding hydrogens is 172 g/mol. The van der Waals surface area contributed by atoms with Gasteiger partial charge in [-0.15, -0.1) is 0 Å². The second kappa shape index (κ2) is 6.41.